The minimum atomic E-state index is -2.90. The molecule has 0 bridgehead atoms. The Balaban J connectivity index is 2.50. The molecular weight excluding hydrogens is 302 g/mol. The van der Waals surface area contributed by atoms with Crippen molar-refractivity contribution in [3.63, 3.8) is 0 Å². The summed E-state index contributed by atoms with van der Waals surface area (Å²) in [5.41, 5.74) is 0.472. The van der Waals surface area contributed by atoms with Crippen LogP contribution in [0.1, 0.15) is 19.4 Å². The fraction of sp³-hybridized carbons (Fsp3) is 0.500. The molecule has 0 radical (unpaired) electrons. The number of halogens is 3. The maximum atomic E-state index is 12.3. The molecule has 2 N–H and O–H groups in total. The average Bonchev–Trinajstić information content (AvgIpc) is 2.39. The Bertz CT molecular complexity index is 470. The molecule has 0 aliphatic heterocycles. The molecule has 0 fully saturated rings. The van der Waals surface area contributed by atoms with E-state index in [0.29, 0.717) is 23.0 Å². The van der Waals surface area contributed by atoms with E-state index < -0.39 is 6.61 Å². The van der Waals surface area contributed by atoms with Crippen LogP contribution in [0.2, 0.25) is 5.02 Å². The highest BCUT2D eigenvalue weighted by Crippen LogP contribution is 2.24. The number of hydrogen-bond acceptors (Lipinski definition) is 3. The number of ether oxygens (including phenoxy) is 1. The van der Waals surface area contributed by atoms with Gasteiger partial charge in [-0.2, -0.15) is 8.78 Å². The van der Waals surface area contributed by atoms with E-state index in [1.165, 1.54) is 18.2 Å². The Morgan fingerprint density at radius 2 is 2.10 bits per heavy atom. The summed E-state index contributed by atoms with van der Waals surface area (Å²) < 4.78 is 29.0. The highest BCUT2D eigenvalue weighted by molar-refractivity contribution is 6.30. The minimum Gasteiger partial charge on any atom is -0.434 e. The predicted molar refractivity (Wildman–Crippen MR) is 77.6 cm³/mol. The van der Waals surface area contributed by atoms with Crippen molar-refractivity contribution in [2.45, 2.75) is 27.0 Å². The number of hydrogen-bond donors (Lipinski definition) is 2. The number of rotatable bonds is 8. The van der Waals surface area contributed by atoms with E-state index in [1.54, 1.807) is 0 Å². The monoisotopic (exact) mass is 320 g/mol. The van der Waals surface area contributed by atoms with Gasteiger partial charge >= 0.3 is 6.61 Å². The van der Waals surface area contributed by atoms with Crippen LogP contribution in [0.25, 0.3) is 0 Å². The van der Waals surface area contributed by atoms with Crippen LogP contribution in [0.5, 0.6) is 5.75 Å². The standard InChI is InChI=1S/C14H19ClF2N2O2/c1-9(2)6-19-13(20)8-18-7-10-5-11(15)3-4-12(10)21-14(16)17/h3-5,9,14,18H,6-8H2,1-2H3,(H,19,20). The van der Waals surface area contributed by atoms with Crippen LogP contribution in [0.3, 0.4) is 0 Å². The summed E-state index contributed by atoms with van der Waals surface area (Å²) in [4.78, 5) is 11.5. The number of benzene rings is 1. The van der Waals surface area contributed by atoms with Crippen LogP contribution < -0.4 is 15.4 Å². The van der Waals surface area contributed by atoms with Gasteiger partial charge < -0.3 is 15.4 Å². The van der Waals surface area contributed by atoms with Crippen molar-refractivity contribution in [1.29, 1.82) is 0 Å². The Morgan fingerprint density at radius 3 is 2.71 bits per heavy atom. The molecule has 1 aromatic carbocycles. The summed E-state index contributed by atoms with van der Waals surface area (Å²) in [6.07, 6.45) is 0. The summed E-state index contributed by atoms with van der Waals surface area (Å²) >= 11 is 5.83. The van der Waals surface area contributed by atoms with Gasteiger partial charge in [-0.25, -0.2) is 0 Å². The number of amides is 1. The zero-order valence-corrected chi connectivity index (χ0v) is 12.7. The Labute approximate surface area is 127 Å². The molecule has 7 heteroatoms. The third-order valence-corrected chi connectivity index (χ3v) is 2.78. The molecule has 0 saturated carbocycles. The molecular formula is C14H19ClF2N2O2. The second-order valence-corrected chi connectivity index (χ2v) is 5.37. The van der Waals surface area contributed by atoms with E-state index in [-0.39, 0.29) is 24.7 Å². The van der Waals surface area contributed by atoms with Gasteiger partial charge in [-0.1, -0.05) is 25.4 Å². The molecule has 21 heavy (non-hydrogen) atoms. The van der Waals surface area contributed by atoms with Gasteiger partial charge in [-0.3, -0.25) is 4.79 Å². The molecule has 118 valence electrons. The van der Waals surface area contributed by atoms with Crippen LogP contribution in [-0.2, 0) is 11.3 Å². The first kappa shape index (κ1) is 17.7. The third kappa shape index (κ3) is 7.24. The van der Waals surface area contributed by atoms with Crippen LogP contribution in [-0.4, -0.2) is 25.6 Å². The van der Waals surface area contributed by atoms with Crippen LogP contribution in [0.15, 0.2) is 18.2 Å². The lowest BCUT2D eigenvalue weighted by atomic mass is 10.2. The van der Waals surface area contributed by atoms with E-state index in [0.717, 1.165) is 0 Å². The maximum absolute atomic E-state index is 12.3. The highest BCUT2D eigenvalue weighted by Gasteiger charge is 2.10. The lowest BCUT2D eigenvalue weighted by molar-refractivity contribution is -0.120. The van der Waals surface area contributed by atoms with Gasteiger partial charge in [0.05, 0.1) is 6.54 Å². The smallest absolute Gasteiger partial charge is 0.387 e. The molecule has 0 heterocycles. The summed E-state index contributed by atoms with van der Waals surface area (Å²) in [6.45, 7) is 1.98. The average molecular weight is 321 g/mol. The SMILES string of the molecule is CC(C)CNC(=O)CNCc1cc(Cl)ccc1OC(F)F. The molecule has 0 aromatic heterocycles. The molecule has 1 amide bonds. The lowest BCUT2D eigenvalue weighted by Crippen LogP contribution is -2.35. The first-order chi connectivity index (χ1) is 9.88. The molecule has 0 aliphatic carbocycles. The second-order valence-electron chi connectivity index (χ2n) is 4.93. The molecule has 0 aliphatic rings. The van der Waals surface area contributed by atoms with Gasteiger partial charge in [-0.15, -0.1) is 0 Å². The van der Waals surface area contributed by atoms with Crippen LogP contribution in [0, 0.1) is 5.92 Å². The highest BCUT2D eigenvalue weighted by atomic mass is 35.5. The topological polar surface area (TPSA) is 50.4 Å². The molecule has 4 nitrogen and oxygen atoms in total. The minimum absolute atomic E-state index is 0.0458. The van der Waals surface area contributed by atoms with Crippen molar-refractivity contribution >= 4 is 17.5 Å². The molecule has 0 atom stereocenters. The Morgan fingerprint density at radius 1 is 1.38 bits per heavy atom. The van der Waals surface area contributed by atoms with Gasteiger partial charge in [0.2, 0.25) is 5.91 Å². The summed E-state index contributed by atoms with van der Waals surface area (Å²) in [5, 5.41) is 6.03. The predicted octanol–water partition coefficient (Wildman–Crippen LogP) is 2.80. The number of carbonyl (C=O) groups is 1. The van der Waals surface area contributed by atoms with E-state index in [9.17, 15) is 13.6 Å². The van der Waals surface area contributed by atoms with Gasteiger partial charge in [-0.05, 0) is 24.1 Å². The molecule has 1 aromatic rings. The fourth-order valence-corrected chi connectivity index (χ4v) is 1.78. The zero-order valence-electron chi connectivity index (χ0n) is 12.0. The van der Waals surface area contributed by atoms with Crippen molar-refractivity contribution in [3.05, 3.63) is 28.8 Å². The van der Waals surface area contributed by atoms with Crippen LogP contribution in [0.4, 0.5) is 8.78 Å². The Hall–Kier alpha value is -1.40. The van der Waals surface area contributed by atoms with Gasteiger partial charge in [0.25, 0.3) is 0 Å². The van der Waals surface area contributed by atoms with Gasteiger partial charge in [0, 0.05) is 23.7 Å². The largest absolute Gasteiger partial charge is 0.434 e. The number of nitrogens with one attached hydrogen (secondary N) is 2. The van der Waals surface area contributed by atoms with Gasteiger partial charge in [0.1, 0.15) is 5.75 Å². The first-order valence-corrected chi connectivity index (χ1v) is 6.97. The quantitative estimate of drug-likeness (QED) is 0.774. The van der Waals surface area contributed by atoms with E-state index in [1.807, 2.05) is 13.8 Å². The Kier molecular flexibility index (Phi) is 7.39. The third-order valence-electron chi connectivity index (χ3n) is 2.55. The van der Waals surface area contributed by atoms with Crippen molar-refractivity contribution in [3.8, 4) is 5.75 Å². The van der Waals surface area contributed by atoms with Crippen molar-refractivity contribution in [2.24, 2.45) is 5.92 Å². The number of carbonyl (C=O) groups excluding carboxylic acids is 1. The summed E-state index contributed by atoms with van der Waals surface area (Å²) in [7, 11) is 0. The number of alkyl halides is 2. The van der Waals surface area contributed by atoms with Crippen molar-refractivity contribution in [1.82, 2.24) is 10.6 Å². The second kappa shape index (κ2) is 8.79. The van der Waals surface area contributed by atoms with E-state index in [2.05, 4.69) is 15.4 Å². The summed E-state index contributed by atoms with van der Waals surface area (Å²) in [5.74, 6) is 0.263. The molecule has 0 saturated heterocycles. The first-order valence-electron chi connectivity index (χ1n) is 6.59. The zero-order chi connectivity index (χ0) is 15.8. The van der Waals surface area contributed by atoms with Gasteiger partial charge in [0.15, 0.2) is 0 Å². The molecule has 1 rings (SSSR count). The van der Waals surface area contributed by atoms with Crippen LogP contribution >= 0.6 is 11.6 Å². The van der Waals surface area contributed by atoms with Crippen molar-refractivity contribution in [2.75, 3.05) is 13.1 Å². The molecule has 0 unspecified atom stereocenters. The van der Waals surface area contributed by atoms with E-state index >= 15 is 0 Å². The fourth-order valence-electron chi connectivity index (χ4n) is 1.59. The molecule has 0 spiro atoms. The maximum Gasteiger partial charge on any atom is 0.387 e. The normalized spacial score (nSPS) is 11.0. The lowest BCUT2D eigenvalue weighted by Gasteiger charge is -2.12. The van der Waals surface area contributed by atoms with E-state index in [4.69, 9.17) is 11.6 Å². The van der Waals surface area contributed by atoms with Crippen molar-refractivity contribution < 1.29 is 18.3 Å². The summed E-state index contributed by atoms with van der Waals surface area (Å²) in [6, 6.07) is 4.38.